The molecule has 2 N–H and O–H groups in total. The fraction of sp³-hybridized carbons (Fsp3) is 0.0625. The highest BCUT2D eigenvalue weighted by Gasteiger charge is 2.07. The number of rotatable bonds is 5. The number of carbonyl (C=O) groups is 1. The molecule has 0 saturated carbocycles. The average Bonchev–Trinajstić information content (AvgIpc) is 3.01. The van der Waals surface area contributed by atoms with Gasteiger partial charge in [0.05, 0.1) is 31.1 Å². The molecular weight excluding hydrogens is 490 g/mol. The van der Waals surface area contributed by atoms with E-state index >= 15 is 0 Å². The number of para-hydroxylation sites is 1. The number of fused-ring (bicyclic) bond motifs is 1. The zero-order valence-electron chi connectivity index (χ0n) is 12.6. The molecule has 0 atom stereocenters. The summed E-state index contributed by atoms with van der Waals surface area (Å²) in [6.45, 7) is 0. The first-order valence-electron chi connectivity index (χ1n) is 7.01. The lowest BCUT2D eigenvalue weighted by Gasteiger charge is -2.02. The van der Waals surface area contributed by atoms with Crippen molar-refractivity contribution >= 4 is 77.3 Å². The molecule has 128 valence electrons. The lowest BCUT2D eigenvalue weighted by molar-refractivity contribution is -0.118. The number of thiazole rings is 1. The molecule has 0 aliphatic heterocycles. The van der Waals surface area contributed by atoms with Gasteiger partial charge >= 0.3 is 0 Å². The van der Waals surface area contributed by atoms with Crippen molar-refractivity contribution in [3.05, 3.63) is 50.9 Å². The number of hydrogen-bond donors (Lipinski definition) is 2. The first-order chi connectivity index (χ1) is 12.0. The molecule has 2 aromatic carbocycles. The van der Waals surface area contributed by atoms with E-state index in [0.29, 0.717) is 8.95 Å². The lowest BCUT2D eigenvalue weighted by atomic mass is 10.2. The van der Waals surface area contributed by atoms with Crippen molar-refractivity contribution in [3.63, 3.8) is 0 Å². The summed E-state index contributed by atoms with van der Waals surface area (Å²) < 4.78 is 3.04. The minimum atomic E-state index is -0.211. The van der Waals surface area contributed by atoms with Crippen LogP contribution in [0.15, 0.2) is 54.8 Å². The molecule has 0 radical (unpaired) electrons. The Bertz CT molecular complexity index is 903. The first-order valence-corrected chi connectivity index (χ1v) is 10.4. The van der Waals surface area contributed by atoms with Gasteiger partial charge in [-0.05, 0) is 61.7 Å². The highest BCUT2D eigenvalue weighted by Crippen LogP contribution is 2.33. The van der Waals surface area contributed by atoms with Crippen LogP contribution in [-0.4, -0.2) is 28.0 Å². The molecule has 25 heavy (non-hydrogen) atoms. The van der Waals surface area contributed by atoms with Crippen LogP contribution in [-0.2, 0) is 4.79 Å². The highest BCUT2D eigenvalue weighted by atomic mass is 79.9. The van der Waals surface area contributed by atoms with Crippen LogP contribution in [0.4, 0.5) is 0 Å². The van der Waals surface area contributed by atoms with E-state index in [1.165, 1.54) is 18.0 Å². The van der Waals surface area contributed by atoms with Crippen molar-refractivity contribution in [2.75, 3.05) is 5.75 Å². The van der Waals surface area contributed by atoms with Crippen molar-refractivity contribution in [2.45, 2.75) is 4.34 Å². The summed E-state index contributed by atoms with van der Waals surface area (Å²) in [6, 6.07) is 11.3. The molecule has 1 aromatic heterocycles. The molecule has 3 rings (SSSR count). The molecule has 0 fully saturated rings. The number of hydrogen-bond acceptors (Lipinski definition) is 6. The van der Waals surface area contributed by atoms with Crippen molar-refractivity contribution in [1.29, 1.82) is 0 Å². The fourth-order valence-corrected chi connectivity index (χ4v) is 4.99. The number of phenols is 1. The number of carbonyl (C=O) groups excluding carboxylic acids is 1. The van der Waals surface area contributed by atoms with Gasteiger partial charge in [0.15, 0.2) is 4.34 Å². The number of aromatic hydroxyl groups is 1. The minimum absolute atomic E-state index is 0.119. The molecular formula is C16H11Br2N3O2S2. The SMILES string of the molecule is O=C(CSc1nc2ccccc2s1)N/N=C\c1cc(Br)c(O)c(Br)c1. The Morgan fingerprint density at radius 1 is 1.32 bits per heavy atom. The molecule has 3 aromatic rings. The first kappa shape index (κ1) is 18.4. The third kappa shape index (κ3) is 4.81. The number of benzene rings is 2. The molecule has 0 saturated heterocycles. The standard InChI is InChI=1S/C16H11Br2N3O2S2/c17-10-5-9(6-11(18)15(10)23)7-19-21-14(22)8-24-16-20-12-3-1-2-4-13(12)25-16/h1-7,23H,8H2,(H,21,22)/b19-7-. The summed E-state index contributed by atoms with van der Waals surface area (Å²) in [6.07, 6.45) is 1.51. The normalized spacial score (nSPS) is 11.3. The van der Waals surface area contributed by atoms with Gasteiger partial charge < -0.3 is 5.11 Å². The number of phenolic OH excluding ortho intramolecular Hbond substituents is 1. The molecule has 1 heterocycles. The minimum Gasteiger partial charge on any atom is -0.506 e. The van der Waals surface area contributed by atoms with Crippen molar-refractivity contribution in [3.8, 4) is 5.75 Å². The van der Waals surface area contributed by atoms with Crippen LogP contribution in [0.1, 0.15) is 5.56 Å². The predicted octanol–water partition coefficient (Wildman–Crippen LogP) is 4.77. The second-order valence-electron chi connectivity index (χ2n) is 4.86. The Morgan fingerprint density at radius 3 is 2.76 bits per heavy atom. The largest absolute Gasteiger partial charge is 0.506 e. The van der Waals surface area contributed by atoms with Crippen LogP contribution in [0, 0.1) is 0 Å². The van der Waals surface area contributed by atoms with Gasteiger partial charge in [-0.3, -0.25) is 4.79 Å². The highest BCUT2D eigenvalue weighted by molar-refractivity contribution is 9.11. The summed E-state index contributed by atoms with van der Waals surface area (Å²) in [7, 11) is 0. The number of aromatic nitrogens is 1. The molecule has 1 amide bonds. The second-order valence-corrected chi connectivity index (χ2v) is 8.82. The summed E-state index contributed by atoms with van der Waals surface area (Å²) in [5, 5.41) is 13.6. The summed E-state index contributed by atoms with van der Waals surface area (Å²) in [5.41, 5.74) is 4.16. The zero-order chi connectivity index (χ0) is 17.8. The van der Waals surface area contributed by atoms with E-state index in [4.69, 9.17) is 0 Å². The Balaban J connectivity index is 1.54. The van der Waals surface area contributed by atoms with Crippen LogP contribution < -0.4 is 5.43 Å². The number of nitrogens with one attached hydrogen (secondary N) is 1. The van der Waals surface area contributed by atoms with Crippen LogP contribution in [0.2, 0.25) is 0 Å². The summed E-state index contributed by atoms with van der Waals surface area (Å²) in [5.74, 6) is 0.144. The molecule has 0 aliphatic carbocycles. The van der Waals surface area contributed by atoms with Gasteiger partial charge in [0.1, 0.15) is 5.75 Å². The van der Waals surface area contributed by atoms with Gasteiger partial charge in [-0.2, -0.15) is 5.10 Å². The predicted molar refractivity (Wildman–Crippen MR) is 110 cm³/mol. The van der Waals surface area contributed by atoms with Gasteiger partial charge in [-0.25, -0.2) is 10.4 Å². The van der Waals surface area contributed by atoms with E-state index < -0.39 is 0 Å². The van der Waals surface area contributed by atoms with E-state index in [1.54, 1.807) is 23.5 Å². The van der Waals surface area contributed by atoms with Crippen LogP contribution in [0.3, 0.4) is 0 Å². The second kappa shape index (κ2) is 8.31. The molecule has 0 bridgehead atoms. The Hall–Kier alpha value is -1.42. The Labute approximate surface area is 168 Å². The van der Waals surface area contributed by atoms with E-state index in [2.05, 4.69) is 47.4 Å². The van der Waals surface area contributed by atoms with Gasteiger partial charge in [0, 0.05) is 0 Å². The smallest absolute Gasteiger partial charge is 0.250 e. The Kier molecular flexibility index (Phi) is 6.10. The molecule has 0 unspecified atom stereocenters. The van der Waals surface area contributed by atoms with Crippen LogP contribution >= 0.6 is 55.0 Å². The molecule has 5 nitrogen and oxygen atoms in total. The van der Waals surface area contributed by atoms with E-state index in [-0.39, 0.29) is 17.4 Å². The van der Waals surface area contributed by atoms with Crippen LogP contribution in [0.5, 0.6) is 5.75 Å². The van der Waals surface area contributed by atoms with Crippen molar-refractivity contribution < 1.29 is 9.90 Å². The van der Waals surface area contributed by atoms with Gasteiger partial charge in [-0.1, -0.05) is 23.9 Å². The van der Waals surface area contributed by atoms with Gasteiger partial charge in [0.25, 0.3) is 5.91 Å². The summed E-state index contributed by atoms with van der Waals surface area (Å²) >= 11 is 9.43. The van der Waals surface area contributed by atoms with Crippen LogP contribution in [0.25, 0.3) is 10.2 Å². The fourth-order valence-electron chi connectivity index (χ4n) is 1.91. The van der Waals surface area contributed by atoms with Crippen molar-refractivity contribution in [2.24, 2.45) is 5.10 Å². The maximum absolute atomic E-state index is 11.9. The van der Waals surface area contributed by atoms with E-state index in [9.17, 15) is 9.90 Å². The average molecular weight is 501 g/mol. The quantitative estimate of drug-likeness (QED) is 0.300. The third-order valence-corrected chi connectivity index (χ3v) is 6.43. The topological polar surface area (TPSA) is 74.6 Å². The number of thioether (sulfide) groups is 1. The molecule has 0 aliphatic rings. The van der Waals surface area contributed by atoms with E-state index in [1.807, 2.05) is 24.3 Å². The third-order valence-electron chi connectivity index (χ3n) is 3.04. The Morgan fingerprint density at radius 2 is 2.04 bits per heavy atom. The number of halogens is 2. The maximum Gasteiger partial charge on any atom is 0.250 e. The summed E-state index contributed by atoms with van der Waals surface area (Å²) in [4.78, 5) is 16.4. The number of nitrogens with zero attached hydrogens (tertiary/aromatic N) is 2. The number of amides is 1. The monoisotopic (exact) mass is 499 g/mol. The van der Waals surface area contributed by atoms with Gasteiger partial charge in [0.2, 0.25) is 0 Å². The maximum atomic E-state index is 11.9. The van der Waals surface area contributed by atoms with E-state index in [0.717, 1.165) is 20.1 Å². The number of hydrazone groups is 1. The molecule has 0 spiro atoms. The van der Waals surface area contributed by atoms with Gasteiger partial charge in [-0.15, -0.1) is 11.3 Å². The van der Waals surface area contributed by atoms with Crippen molar-refractivity contribution in [1.82, 2.24) is 10.4 Å². The zero-order valence-corrected chi connectivity index (χ0v) is 17.4. The molecule has 9 heteroatoms. The lowest BCUT2D eigenvalue weighted by Crippen LogP contribution is -2.19.